The highest BCUT2D eigenvalue weighted by Crippen LogP contribution is 2.34. The van der Waals surface area contributed by atoms with Gasteiger partial charge in [-0.05, 0) is 32.9 Å². The van der Waals surface area contributed by atoms with Gasteiger partial charge in [-0.1, -0.05) is 18.2 Å². The van der Waals surface area contributed by atoms with E-state index in [9.17, 15) is 5.11 Å². The summed E-state index contributed by atoms with van der Waals surface area (Å²) in [6.07, 6.45) is -0.560. The molecular weight excluding hydrogens is 226 g/mol. The molecule has 100 valence electrons. The first-order valence-corrected chi connectivity index (χ1v) is 6.25. The van der Waals surface area contributed by atoms with Gasteiger partial charge in [0.15, 0.2) is 0 Å². The number of anilines is 1. The maximum Gasteiger partial charge on any atom is 0.126 e. The summed E-state index contributed by atoms with van der Waals surface area (Å²) >= 11 is 0. The van der Waals surface area contributed by atoms with Crippen LogP contribution in [0.25, 0.3) is 0 Å². The van der Waals surface area contributed by atoms with E-state index in [0.29, 0.717) is 0 Å². The van der Waals surface area contributed by atoms with Crippen molar-refractivity contribution < 1.29 is 9.84 Å². The molecule has 1 N–H and O–H groups in total. The third-order valence-corrected chi connectivity index (χ3v) is 2.86. The molecule has 0 aliphatic heterocycles. The molecule has 0 spiro atoms. The molecule has 0 radical (unpaired) electrons. The van der Waals surface area contributed by atoms with Crippen LogP contribution >= 0.6 is 0 Å². The Balaban J connectivity index is 3.24. The van der Waals surface area contributed by atoms with Crippen LogP contribution in [0.1, 0.15) is 32.4 Å². The van der Waals surface area contributed by atoms with Crippen LogP contribution in [0.2, 0.25) is 0 Å². The minimum atomic E-state index is -0.560. The van der Waals surface area contributed by atoms with E-state index in [2.05, 4.69) is 18.4 Å². The molecule has 0 heterocycles. The molecule has 0 aliphatic carbocycles. The predicted molar refractivity (Wildman–Crippen MR) is 76.3 cm³/mol. The Bertz CT molecular complexity index is 413. The van der Waals surface area contributed by atoms with Crippen molar-refractivity contribution in [2.75, 3.05) is 25.1 Å². The van der Waals surface area contributed by atoms with E-state index < -0.39 is 6.10 Å². The van der Waals surface area contributed by atoms with Crippen molar-refractivity contribution in [1.29, 1.82) is 0 Å². The lowest BCUT2D eigenvalue weighted by Gasteiger charge is -2.28. The number of rotatable bonds is 6. The molecule has 0 amide bonds. The largest absolute Gasteiger partial charge is 0.496 e. The third kappa shape index (κ3) is 3.26. The molecule has 18 heavy (non-hydrogen) atoms. The first kappa shape index (κ1) is 14.6. The number of hydrogen-bond acceptors (Lipinski definition) is 3. The van der Waals surface area contributed by atoms with Crippen molar-refractivity contribution in [3.63, 3.8) is 0 Å². The van der Waals surface area contributed by atoms with E-state index in [4.69, 9.17) is 4.74 Å². The van der Waals surface area contributed by atoms with Crippen molar-refractivity contribution in [2.24, 2.45) is 0 Å². The lowest BCUT2D eigenvalue weighted by Crippen LogP contribution is -2.26. The summed E-state index contributed by atoms with van der Waals surface area (Å²) < 4.78 is 5.34. The molecule has 0 saturated heterocycles. The molecule has 0 bridgehead atoms. The number of aliphatic hydroxyl groups excluding tert-OH is 1. The van der Waals surface area contributed by atoms with Crippen molar-refractivity contribution >= 4 is 5.69 Å². The number of benzene rings is 1. The van der Waals surface area contributed by atoms with Gasteiger partial charge in [-0.2, -0.15) is 0 Å². The second kappa shape index (κ2) is 6.45. The van der Waals surface area contributed by atoms with Crippen LogP contribution < -0.4 is 9.64 Å². The number of methoxy groups -OCH3 is 1. The Morgan fingerprint density at radius 2 is 2.17 bits per heavy atom. The molecule has 3 nitrogen and oxygen atoms in total. The zero-order valence-corrected chi connectivity index (χ0v) is 11.7. The maximum absolute atomic E-state index is 9.97. The van der Waals surface area contributed by atoms with Gasteiger partial charge in [-0.15, -0.1) is 0 Å². The number of nitrogens with zero attached hydrogens (tertiary/aromatic N) is 1. The highest BCUT2D eigenvalue weighted by molar-refractivity contribution is 5.60. The Kier molecular flexibility index (Phi) is 5.23. The monoisotopic (exact) mass is 249 g/mol. The Hall–Kier alpha value is -1.48. The fourth-order valence-electron chi connectivity index (χ4n) is 2.10. The van der Waals surface area contributed by atoms with E-state index in [-0.39, 0.29) is 0 Å². The van der Waals surface area contributed by atoms with Crippen LogP contribution in [0, 0.1) is 0 Å². The summed E-state index contributed by atoms with van der Waals surface area (Å²) in [6.45, 7) is 11.4. The van der Waals surface area contributed by atoms with Crippen LogP contribution in [0.3, 0.4) is 0 Å². The molecule has 0 saturated carbocycles. The van der Waals surface area contributed by atoms with Gasteiger partial charge in [0.1, 0.15) is 5.75 Å². The maximum atomic E-state index is 9.97. The summed E-state index contributed by atoms with van der Waals surface area (Å²) in [5.74, 6) is 0.725. The predicted octanol–water partition coefficient (Wildman–Crippen LogP) is 3.15. The van der Waals surface area contributed by atoms with Crippen molar-refractivity contribution in [3.05, 3.63) is 35.9 Å². The number of likely N-dealkylation sites (N-methyl/N-ethyl adjacent to an activating group) is 1. The molecule has 0 fully saturated rings. The van der Waals surface area contributed by atoms with Crippen molar-refractivity contribution in [1.82, 2.24) is 0 Å². The number of hydrogen-bond donors (Lipinski definition) is 1. The van der Waals surface area contributed by atoms with Crippen LogP contribution in [-0.2, 0) is 0 Å². The summed E-state index contributed by atoms with van der Waals surface area (Å²) in [6, 6.07) is 5.83. The molecule has 0 aromatic heterocycles. The highest BCUT2D eigenvalue weighted by Gasteiger charge is 2.17. The van der Waals surface area contributed by atoms with Gasteiger partial charge in [-0.3, -0.25) is 0 Å². The van der Waals surface area contributed by atoms with E-state index >= 15 is 0 Å². The van der Waals surface area contributed by atoms with Gasteiger partial charge < -0.3 is 14.7 Å². The minimum Gasteiger partial charge on any atom is -0.496 e. The smallest absolute Gasteiger partial charge is 0.126 e. The van der Waals surface area contributed by atoms with Crippen LogP contribution in [0.5, 0.6) is 5.75 Å². The van der Waals surface area contributed by atoms with Crippen molar-refractivity contribution in [2.45, 2.75) is 26.9 Å². The number of aliphatic hydroxyl groups is 1. The van der Waals surface area contributed by atoms with E-state index in [1.165, 1.54) is 0 Å². The van der Waals surface area contributed by atoms with Gasteiger partial charge in [-0.25, -0.2) is 0 Å². The minimum absolute atomic E-state index is 0.560. The summed E-state index contributed by atoms with van der Waals surface area (Å²) in [5, 5.41) is 9.97. The third-order valence-electron chi connectivity index (χ3n) is 2.86. The summed E-state index contributed by atoms with van der Waals surface area (Å²) in [7, 11) is 1.63. The number of ether oxygens (including phenoxy) is 1. The first-order chi connectivity index (χ1) is 8.51. The van der Waals surface area contributed by atoms with Gasteiger partial charge in [0.2, 0.25) is 0 Å². The lowest BCUT2D eigenvalue weighted by molar-refractivity contribution is 0.194. The second-order valence-electron chi connectivity index (χ2n) is 4.54. The average Bonchev–Trinajstić information content (AvgIpc) is 2.34. The van der Waals surface area contributed by atoms with Crippen LogP contribution in [0.15, 0.2) is 30.4 Å². The molecular formula is C15H23NO2. The van der Waals surface area contributed by atoms with Gasteiger partial charge in [0.05, 0.1) is 13.2 Å². The average molecular weight is 249 g/mol. The quantitative estimate of drug-likeness (QED) is 0.786. The van der Waals surface area contributed by atoms with Crippen molar-refractivity contribution in [3.8, 4) is 5.75 Å². The van der Waals surface area contributed by atoms with E-state index in [0.717, 1.165) is 35.7 Å². The van der Waals surface area contributed by atoms with Gasteiger partial charge in [0, 0.05) is 24.3 Å². The standard InChI is InChI=1S/C15H23NO2/c1-6-16(10-11(2)3)13-8-7-9-14(18-5)15(13)12(4)17/h7-9,12,17H,2,6,10H2,1,3-5H3. The molecule has 1 rings (SSSR count). The summed E-state index contributed by atoms with van der Waals surface area (Å²) in [5.41, 5.74) is 2.94. The topological polar surface area (TPSA) is 32.7 Å². The van der Waals surface area contributed by atoms with Crippen LogP contribution in [0.4, 0.5) is 5.69 Å². The fourth-order valence-corrected chi connectivity index (χ4v) is 2.10. The molecule has 1 unspecified atom stereocenters. The zero-order chi connectivity index (χ0) is 13.7. The molecule has 1 atom stereocenters. The summed E-state index contributed by atoms with van der Waals surface area (Å²) in [4.78, 5) is 2.19. The van der Waals surface area contributed by atoms with E-state index in [1.54, 1.807) is 14.0 Å². The Morgan fingerprint density at radius 3 is 2.61 bits per heavy atom. The molecule has 1 aromatic carbocycles. The lowest BCUT2D eigenvalue weighted by atomic mass is 10.1. The van der Waals surface area contributed by atoms with Gasteiger partial charge >= 0.3 is 0 Å². The van der Waals surface area contributed by atoms with Crippen LogP contribution in [-0.4, -0.2) is 25.3 Å². The molecule has 1 aromatic rings. The van der Waals surface area contributed by atoms with Gasteiger partial charge in [0.25, 0.3) is 0 Å². The molecule has 3 heteroatoms. The Morgan fingerprint density at radius 1 is 1.50 bits per heavy atom. The Labute approximate surface area is 110 Å². The molecule has 0 aliphatic rings. The fraction of sp³-hybridized carbons (Fsp3) is 0.467. The zero-order valence-electron chi connectivity index (χ0n) is 11.7. The SMILES string of the molecule is C=C(C)CN(CC)c1cccc(OC)c1C(C)O. The van der Waals surface area contributed by atoms with E-state index in [1.807, 2.05) is 25.1 Å². The first-order valence-electron chi connectivity index (χ1n) is 6.25. The highest BCUT2D eigenvalue weighted by atomic mass is 16.5. The second-order valence-corrected chi connectivity index (χ2v) is 4.54. The normalized spacial score (nSPS) is 12.1.